The van der Waals surface area contributed by atoms with E-state index in [-0.39, 0.29) is 17.4 Å². The van der Waals surface area contributed by atoms with Crippen LogP contribution in [0.1, 0.15) is 37.7 Å². The molecule has 2 aliphatic rings. The fourth-order valence-electron chi connectivity index (χ4n) is 3.07. The van der Waals surface area contributed by atoms with Crippen LogP contribution in [0.4, 0.5) is 0 Å². The van der Waals surface area contributed by atoms with E-state index in [2.05, 4.69) is 29.6 Å². The molecule has 0 bridgehead atoms. The average Bonchev–Trinajstić information content (AvgIpc) is 2.44. The van der Waals surface area contributed by atoms with Gasteiger partial charge in [-0.1, -0.05) is 30.3 Å². The Labute approximate surface area is 114 Å². The number of hydrogen-bond acceptors (Lipinski definition) is 2. The van der Waals surface area contributed by atoms with Gasteiger partial charge < -0.3 is 10.1 Å². The lowest BCUT2D eigenvalue weighted by atomic mass is 9.71. The minimum Gasteiger partial charge on any atom is -0.381 e. The highest BCUT2D eigenvalue weighted by molar-refractivity contribution is 5.80. The number of ether oxygens (including phenoxy) is 1. The Hall–Kier alpha value is -1.35. The zero-order valence-corrected chi connectivity index (χ0v) is 11.2. The Balaban J connectivity index is 1.71. The van der Waals surface area contributed by atoms with Crippen LogP contribution in [-0.4, -0.2) is 19.1 Å². The van der Waals surface area contributed by atoms with E-state index >= 15 is 0 Å². The van der Waals surface area contributed by atoms with E-state index in [1.165, 1.54) is 12.0 Å². The maximum absolute atomic E-state index is 12.4. The van der Waals surface area contributed by atoms with E-state index in [1.807, 2.05) is 6.07 Å². The molecule has 1 N–H and O–H groups in total. The van der Waals surface area contributed by atoms with E-state index in [9.17, 15) is 4.79 Å². The molecule has 1 aromatic carbocycles. The van der Waals surface area contributed by atoms with Gasteiger partial charge in [0.2, 0.25) is 5.91 Å². The number of rotatable bonds is 3. The van der Waals surface area contributed by atoms with Gasteiger partial charge in [-0.25, -0.2) is 0 Å². The predicted molar refractivity (Wildman–Crippen MR) is 73.7 cm³/mol. The molecule has 1 aliphatic carbocycles. The Morgan fingerprint density at radius 3 is 2.42 bits per heavy atom. The molecule has 1 heterocycles. The molecule has 1 saturated heterocycles. The maximum atomic E-state index is 12.4. The lowest BCUT2D eigenvalue weighted by Crippen LogP contribution is -2.53. The number of carbonyl (C=O) groups excluding carboxylic acids is 1. The van der Waals surface area contributed by atoms with Crippen molar-refractivity contribution in [2.24, 2.45) is 5.92 Å². The molecule has 0 atom stereocenters. The molecule has 0 unspecified atom stereocenters. The van der Waals surface area contributed by atoms with Gasteiger partial charge in [-0.3, -0.25) is 4.79 Å². The molecule has 19 heavy (non-hydrogen) atoms. The maximum Gasteiger partial charge on any atom is 0.223 e. The number of amides is 1. The molecule has 3 rings (SSSR count). The Morgan fingerprint density at radius 2 is 1.84 bits per heavy atom. The number of carbonyl (C=O) groups is 1. The van der Waals surface area contributed by atoms with Crippen molar-refractivity contribution in [2.45, 2.75) is 37.6 Å². The number of hydrogen-bond donors (Lipinski definition) is 1. The van der Waals surface area contributed by atoms with Crippen molar-refractivity contribution in [1.82, 2.24) is 5.32 Å². The summed E-state index contributed by atoms with van der Waals surface area (Å²) < 4.78 is 5.32. The first-order chi connectivity index (χ1) is 9.30. The summed E-state index contributed by atoms with van der Waals surface area (Å²) in [6.07, 6.45) is 5.04. The molecule has 1 aliphatic heterocycles. The van der Waals surface area contributed by atoms with Gasteiger partial charge in [0.05, 0.1) is 5.54 Å². The van der Waals surface area contributed by atoms with Gasteiger partial charge in [0.1, 0.15) is 0 Å². The van der Waals surface area contributed by atoms with E-state index in [1.54, 1.807) is 0 Å². The van der Waals surface area contributed by atoms with Crippen molar-refractivity contribution >= 4 is 5.91 Å². The molecule has 102 valence electrons. The quantitative estimate of drug-likeness (QED) is 0.906. The number of benzene rings is 1. The first-order valence-electron chi connectivity index (χ1n) is 7.25. The summed E-state index contributed by atoms with van der Waals surface area (Å²) in [5.41, 5.74) is 1.15. The van der Waals surface area contributed by atoms with Gasteiger partial charge in [0, 0.05) is 19.1 Å². The van der Waals surface area contributed by atoms with Gasteiger partial charge in [0.25, 0.3) is 0 Å². The summed E-state index contributed by atoms with van der Waals surface area (Å²) in [6, 6.07) is 10.4. The smallest absolute Gasteiger partial charge is 0.223 e. The molecule has 0 spiro atoms. The monoisotopic (exact) mass is 259 g/mol. The van der Waals surface area contributed by atoms with Gasteiger partial charge in [-0.05, 0) is 37.7 Å². The van der Waals surface area contributed by atoms with Gasteiger partial charge in [-0.15, -0.1) is 0 Å². The fraction of sp³-hybridized carbons (Fsp3) is 0.562. The van der Waals surface area contributed by atoms with Crippen molar-refractivity contribution < 1.29 is 9.53 Å². The molecule has 3 heteroatoms. The Morgan fingerprint density at radius 1 is 1.16 bits per heavy atom. The third-order valence-electron chi connectivity index (χ3n) is 4.49. The van der Waals surface area contributed by atoms with Crippen LogP contribution in [0.2, 0.25) is 0 Å². The predicted octanol–water partition coefficient (Wildman–Crippen LogP) is 2.61. The summed E-state index contributed by atoms with van der Waals surface area (Å²) in [6.45, 7) is 1.44. The van der Waals surface area contributed by atoms with Crippen LogP contribution in [0.25, 0.3) is 0 Å². The summed E-state index contributed by atoms with van der Waals surface area (Å²) in [4.78, 5) is 12.4. The minimum atomic E-state index is -0.101. The van der Waals surface area contributed by atoms with Crippen molar-refractivity contribution in [3.63, 3.8) is 0 Å². The normalized spacial score (nSPS) is 22.5. The van der Waals surface area contributed by atoms with Crippen LogP contribution in [0.15, 0.2) is 30.3 Å². The van der Waals surface area contributed by atoms with E-state index in [0.717, 1.165) is 38.9 Å². The summed E-state index contributed by atoms with van der Waals surface area (Å²) in [7, 11) is 0. The molecule has 1 saturated carbocycles. The lowest BCUT2D eigenvalue weighted by molar-refractivity contribution is -0.131. The molecule has 1 aromatic rings. The fourth-order valence-corrected chi connectivity index (χ4v) is 3.07. The SMILES string of the molecule is O=C(NC1(c2ccccc2)CCC1)C1CCOCC1. The van der Waals surface area contributed by atoms with Gasteiger partial charge in [-0.2, -0.15) is 0 Å². The van der Waals surface area contributed by atoms with Gasteiger partial charge in [0.15, 0.2) is 0 Å². The summed E-state index contributed by atoms with van der Waals surface area (Å²) >= 11 is 0. The van der Waals surface area contributed by atoms with Crippen molar-refractivity contribution in [1.29, 1.82) is 0 Å². The molecule has 0 aromatic heterocycles. The third-order valence-corrected chi connectivity index (χ3v) is 4.49. The Kier molecular flexibility index (Phi) is 3.56. The second-order valence-electron chi connectivity index (χ2n) is 5.68. The van der Waals surface area contributed by atoms with E-state index in [0.29, 0.717) is 0 Å². The van der Waals surface area contributed by atoms with Crippen molar-refractivity contribution in [2.75, 3.05) is 13.2 Å². The van der Waals surface area contributed by atoms with E-state index < -0.39 is 0 Å². The standard InChI is InChI=1S/C16H21NO2/c18-15(13-7-11-19-12-8-13)17-16(9-4-10-16)14-5-2-1-3-6-14/h1-3,5-6,13H,4,7-12H2,(H,17,18). The first kappa shape index (κ1) is 12.7. The van der Waals surface area contributed by atoms with Crippen LogP contribution in [0, 0.1) is 5.92 Å². The highest BCUT2D eigenvalue weighted by Gasteiger charge is 2.41. The minimum absolute atomic E-state index is 0.101. The van der Waals surface area contributed by atoms with Crippen molar-refractivity contribution in [3.05, 3.63) is 35.9 Å². The van der Waals surface area contributed by atoms with Crippen LogP contribution in [-0.2, 0) is 15.1 Å². The molecule has 3 nitrogen and oxygen atoms in total. The molecule has 2 fully saturated rings. The van der Waals surface area contributed by atoms with Gasteiger partial charge >= 0.3 is 0 Å². The Bertz CT molecular complexity index is 433. The highest BCUT2D eigenvalue weighted by Crippen LogP contribution is 2.41. The average molecular weight is 259 g/mol. The first-order valence-corrected chi connectivity index (χ1v) is 7.25. The summed E-state index contributed by atoms with van der Waals surface area (Å²) in [5, 5.41) is 3.32. The summed E-state index contributed by atoms with van der Waals surface area (Å²) in [5.74, 6) is 0.349. The molecular weight excluding hydrogens is 238 g/mol. The molecular formula is C16H21NO2. The largest absolute Gasteiger partial charge is 0.381 e. The zero-order chi connectivity index (χ0) is 13.1. The van der Waals surface area contributed by atoms with Crippen LogP contribution in [0.5, 0.6) is 0 Å². The van der Waals surface area contributed by atoms with Crippen molar-refractivity contribution in [3.8, 4) is 0 Å². The number of nitrogens with one attached hydrogen (secondary N) is 1. The highest BCUT2D eigenvalue weighted by atomic mass is 16.5. The topological polar surface area (TPSA) is 38.3 Å². The molecule has 0 radical (unpaired) electrons. The van der Waals surface area contributed by atoms with Crippen LogP contribution in [0.3, 0.4) is 0 Å². The molecule has 1 amide bonds. The van der Waals surface area contributed by atoms with Crippen LogP contribution >= 0.6 is 0 Å². The second-order valence-corrected chi connectivity index (χ2v) is 5.68. The second kappa shape index (κ2) is 5.33. The third kappa shape index (κ3) is 2.52. The zero-order valence-electron chi connectivity index (χ0n) is 11.2. The van der Waals surface area contributed by atoms with Crippen LogP contribution < -0.4 is 5.32 Å². The van der Waals surface area contributed by atoms with E-state index in [4.69, 9.17) is 4.74 Å². The lowest BCUT2D eigenvalue weighted by Gasteiger charge is -2.44.